The van der Waals surface area contributed by atoms with Gasteiger partial charge in [0.05, 0.1) is 6.54 Å². The molecule has 0 heterocycles. The van der Waals surface area contributed by atoms with Crippen molar-refractivity contribution < 1.29 is 9.90 Å². The molecule has 3 rings (SSSR count). The van der Waals surface area contributed by atoms with Crippen molar-refractivity contribution in [2.75, 3.05) is 6.54 Å². The van der Waals surface area contributed by atoms with Crippen LogP contribution in [0.5, 0.6) is 0 Å². The number of carbonyl (C=O) groups excluding carboxylic acids is 1. The number of carbonyl (C=O) groups is 1. The summed E-state index contributed by atoms with van der Waals surface area (Å²) in [4.78, 5) is 12.2. The van der Waals surface area contributed by atoms with Gasteiger partial charge >= 0.3 is 0 Å². The molecule has 0 aliphatic heterocycles. The first-order valence-corrected chi connectivity index (χ1v) is 7.79. The molecule has 0 bridgehead atoms. The number of rotatable bonds is 5. The van der Waals surface area contributed by atoms with Gasteiger partial charge in [-0.1, -0.05) is 48.0 Å². The van der Waals surface area contributed by atoms with Gasteiger partial charge in [-0.05, 0) is 42.5 Å². The third-order valence-electron chi connectivity index (χ3n) is 4.13. The minimum atomic E-state index is -1.00. The molecule has 0 unspecified atom stereocenters. The number of halogens is 1. The molecule has 114 valence electrons. The van der Waals surface area contributed by atoms with Crippen LogP contribution in [-0.2, 0) is 5.60 Å². The van der Waals surface area contributed by atoms with Crippen LogP contribution < -0.4 is 5.32 Å². The second-order valence-corrected chi connectivity index (χ2v) is 6.19. The molecule has 1 amide bonds. The minimum absolute atomic E-state index is 0.201. The summed E-state index contributed by atoms with van der Waals surface area (Å²) in [6.45, 7) is 0.201. The van der Waals surface area contributed by atoms with Gasteiger partial charge in [0.25, 0.3) is 5.91 Å². The van der Waals surface area contributed by atoms with E-state index in [1.54, 1.807) is 24.3 Å². The fraction of sp³-hybridized carbons (Fsp3) is 0.278. The Kier molecular flexibility index (Phi) is 4.19. The van der Waals surface area contributed by atoms with E-state index < -0.39 is 5.60 Å². The smallest absolute Gasteiger partial charge is 0.251 e. The molecule has 1 aliphatic carbocycles. The molecular weight excluding hydrogens is 298 g/mol. The molecule has 0 saturated heterocycles. The molecule has 1 atom stereocenters. The average molecular weight is 316 g/mol. The summed E-state index contributed by atoms with van der Waals surface area (Å²) in [5.41, 5.74) is 0.345. The Morgan fingerprint density at radius 2 is 1.91 bits per heavy atom. The van der Waals surface area contributed by atoms with Gasteiger partial charge in [-0.3, -0.25) is 4.79 Å². The Bertz CT molecular complexity index is 670. The standard InChI is InChI=1S/C18H18ClNO2/c19-16-8-4-5-13(11-16)17(21)20-12-18(22,15-9-10-15)14-6-2-1-3-7-14/h1-8,11,15,22H,9-10,12H2,(H,20,21)/t18-/m1/s1. The molecule has 0 spiro atoms. The normalized spacial score (nSPS) is 16.8. The van der Waals surface area contributed by atoms with Crippen molar-refractivity contribution in [2.45, 2.75) is 18.4 Å². The molecule has 1 saturated carbocycles. The van der Waals surface area contributed by atoms with E-state index in [2.05, 4.69) is 5.32 Å². The minimum Gasteiger partial charge on any atom is -0.383 e. The van der Waals surface area contributed by atoms with Crippen LogP contribution in [-0.4, -0.2) is 17.6 Å². The first kappa shape index (κ1) is 15.1. The Labute approximate surface area is 134 Å². The maximum absolute atomic E-state index is 12.2. The van der Waals surface area contributed by atoms with Crippen molar-refractivity contribution in [3.63, 3.8) is 0 Å². The van der Waals surface area contributed by atoms with E-state index in [1.807, 2.05) is 30.3 Å². The van der Waals surface area contributed by atoms with Gasteiger partial charge in [0.15, 0.2) is 0 Å². The zero-order chi connectivity index (χ0) is 15.6. The summed E-state index contributed by atoms with van der Waals surface area (Å²) in [7, 11) is 0. The third kappa shape index (κ3) is 3.16. The number of nitrogens with one attached hydrogen (secondary N) is 1. The summed E-state index contributed by atoms with van der Waals surface area (Å²) in [5.74, 6) is -0.0212. The van der Waals surface area contributed by atoms with Crippen molar-refractivity contribution in [1.29, 1.82) is 0 Å². The van der Waals surface area contributed by atoms with Gasteiger partial charge < -0.3 is 10.4 Å². The molecule has 3 nitrogen and oxygen atoms in total. The van der Waals surface area contributed by atoms with Crippen molar-refractivity contribution in [3.05, 3.63) is 70.7 Å². The van der Waals surface area contributed by atoms with Crippen LogP contribution in [0.15, 0.2) is 54.6 Å². The van der Waals surface area contributed by atoms with E-state index >= 15 is 0 Å². The van der Waals surface area contributed by atoms with Crippen LogP contribution >= 0.6 is 11.6 Å². The summed E-state index contributed by atoms with van der Waals surface area (Å²) in [5, 5.41) is 14.4. The number of hydrogen-bond acceptors (Lipinski definition) is 2. The van der Waals surface area contributed by atoms with E-state index in [1.165, 1.54) is 0 Å². The topological polar surface area (TPSA) is 49.3 Å². The zero-order valence-electron chi connectivity index (χ0n) is 12.1. The number of aliphatic hydroxyl groups is 1. The second kappa shape index (κ2) is 6.11. The molecule has 4 heteroatoms. The number of benzene rings is 2. The maximum atomic E-state index is 12.2. The molecule has 2 N–H and O–H groups in total. The van der Waals surface area contributed by atoms with Crippen LogP contribution in [0.1, 0.15) is 28.8 Å². The lowest BCUT2D eigenvalue weighted by molar-refractivity contribution is 0.0135. The molecular formula is C18H18ClNO2. The Morgan fingerprint density at radius 3 is 2.55 bits per heavy atom. The summed E-state index contributed by atoms with van der Waals surface area (Å²) >= 11 is 5.91. The summed E-state index contributed by atoms with van der Waals surface area (Å²) in [6, 6.07) is 16.3. The molecule has 1 aliphatic rings. The fourth-order valence-corrected chi connectivity index (χ4v) is 2.91. The predicted octanol–water partition coefficient (Wildman–Crippen LogP) is 3.37. The molecule has 1 fully saturated rings. The molecule has 0 radical (unpaired) electrons. The second-order valence-electron chi connectivity index (χ2n) is 5.76. The van der Waals surface area contributed by atoms with Crippen LogP contribution in [0, 0.1) is 5.92 Å². The monoisotopic (exact) mass is 315 g/mol. The van der Waals surface area contributed by atoms with Crippen LogP contribution in [0.4, 0.5) is 0 Å². The van der Waals surface area contributed by atoms with Gasteiger partial charge in [-0.2, -0.15) is 0 Å². The van der Waals surface area contributed by atoms with E-state index in [0.29, 0.717) is 10.6 Å². The van der Waals surface area contributed by atoms with E-state index in [9.17, 15) is 9.90 Å². The highest BCUT2D eigenvalue weighted by Crippen LogP contribution is 2.45. The largest absolute Gasteiger partial charge is 0.383 e. The quantitative estimate of drug-likeness (QED) is 0.888. The molecule has 0 aromatic heterocycles. The van der Waals surface area contributed by atoms with Gasteiger partial charge in [0, 0.05) is 10.6 Å². The number of amides is 1. The van der Waals surface area contributed by atoms with Gasteiger partial charge in [0.1, 0.15) is 5.60 Å². The lowest BCUT2D eigenvalue weighted by Crippen LogP contribution is -2.42. The molecule has 2 aromatic rings. The van der Waals surface area contributed by atoms with E-state index in [4.69, 9.17) is 11.6 Å². The van der Waals surface area contributed by atoms with Crippen molar-refractivity contribution in [2.24, 2.45) is 5.92 Å². The third-order valence-corrected chi connectivity index (χ3v) is 4.37. The van der Waals surface area contributed by atoms with Crippen LogP contribution in [0.3, 0.4) is 0 Å². The van der Waals surface area contributed by atoms with Crippen LogP contribution in [0.2, 0.25) is 5.02 Å². The Balaban J connectivity index is 1.74. The van der Waals surface area contributed by atoms with Gasteiger partial charge in [-0.25, -0.2) is 0 Å². The van der Waals surface area contributed by atoms with Crippen LogP contribution in [0.25, 0.3) is 0 Å². The molecule has 2 aromatic carbocycles. The average Bonchev–Trinajstić information content (AvgIpc) is 3.38. The van der Waals surface area contributed by atoms with Gasteiger partial charge in [0.2, 0.25) is 0 Å². The van der Waals surface area contributed by atoms with Crippen molar-refractivity contribution >= 4 is 17.5 Å². The zero-order valence-corrected chi connectivity index (χ0v) is 12.9. The lowest BCUT2D eigenvalue weighted by Gasteiger charge is -2.29. The Hall–Kier alpha value is -1.84. The maximum Gasteiger partial charge on any atom is 0.251 e. The SMILES string of the molecule is O=C(NC[C@@](O)(c1ccccc1)C1CC1)c1cccc(Cl)c1. The first-order valence-electron chi connectivity index (χ1n) is 7.41. The summed E-state index contributed by atoms with van der Waals surface area (Å²) in [6.07, 6.45) is 1.97. The summed E-state index contributed by atoms with van der Waals surface area (Å²) < 4.78 is 0. The predicted molar refractivity (Wildman–Crippen MR) is 86.8 cm³/mol. The van der Waals surface area contributed by atoms with E-state index in [0.717, 1.165) is 18.4 Å². The first-order chi connectivity index (χ1) is 10.6. The van der Waals surface area contributed by atoms with E-state index in [-0.39, 0.29) is 18.4 Å². The lowest BCUT2D eigenvalue weighted by atomic mass is 9.88. The highest BCUT2D eigenvalue weighted by Gasteiger charge is 2.45. The van der Waals surface area contributed by atoms with Gasteiger partial charge in [-0.15, -0.1) is 0 Å². The number of hydrogen-bond donors (Lipinski definition) is 2. The van der Waals surface area contributed by atoms with Crippen molar-refractivity contribution in [3.8, 4) is 0 Å². The fourth-order valence-electron chi connectivity index (χ4n) is 2.72. The molecule has 22 heavy (non-hydrogen) atoms. The van der Waals surface area contributed by atoms with Crippen molar-refractivity contribution in [1.82, 2.24) is 5.32 Å². The highest BCUT2D eigenvalue weighted by atomic mass is 35.5. The Morgan fingerprint density at radius 1 is 1.18 bits per heavy atom. The highest BCUT2D eigenvalue weighted by molar-refractivity contribution is 6.30.